The SMILES string of the molecule is CCC1(C)CCSC(=NCCc2ccc(Cl)cc2)N1. The van der Waals surface area contributed by atoms with E-state index in [1.807, 2.05) is 23.9 Å². The van der Waals surface area contributed by atoms with Crippen LogP contribution in [0.25, 0.3) is 0 Å². The van der Waals surface area contributed by atoms with Crippen LogP contribution in [0.5, 0.6) is 0 Å². The fourth-order valence-electron chi connectivity index (χ4n) is 2.02. The summed E-state index contributed by atoms with van der Waals surface area (Å²) in [7, 11) is 0. The number of rotatable bonds is 4. The molecule has 19 heavy (non-hydrogen) atoms. The van der Waals surface area contributed by atoms with Gasteiger partial charge in [0, 0.05) is 22.9 Å². The molecule has 4 heteroatoms. The van der Waals surface area contributed by atoms with Gasteiger partial charge in [-0.2, -0.15) is 0 Å². The van der Waals surface area contributed by atoms with Crippen molar-refractivity contribution >= 4 is 28.5 Å². The van der Waals surface area contributed by atoms with Gasteiger partial charge in [-0.25, -0.2) is 0 Å². The van der Waals surface area contributed by atoms with Gasteiger partial charge in [0.1, 0.15) is 0 Å². The molecule has 1 aliphatic rings. The highest BCUT2D eigenvalue weighted by Gasteiger charge is 2.27. The third-order valence-electron chi connectivity index (χ3n) is 3.65. The van der Waals surface area contributed by atoms with Crippen LogP contribution >= 0.6 is 23.4 Å². The van der Waals surface area contributed by atoms with Crippen LogP contribution in [0.3, 0.4) is 0 Å². The van der Waals surface area contributed by atoms with Crippen molar-refractivity contribution in [3.05, 3.63) is 34.9 Å². The van der Waals surface area contributed by atoms with Crippen molar-refractivity contribution in [3.63, 3.8) is 0 Å². The molecule has 0 spiro atoms. The van der Waals surface area contributed by atoms with Crippen molar-refractivity contribution < 1.29 is 0 Å². The Hall–Kier alpha value is -0.670. The predicted molar refractivity (Wildman–Crippen MR) is 86.4 cm³/mol. The van der Waals surface area contributed by atoms with E-state index in [1.165, 1.54) is 12.0 Å². The van der Waals surface area contributed by atoms with Crippen LogP contribution < -0.4 is 5.32 Å². The van der Waals surface area contributed by atoms with Gasteiger partial charge in [-0.1, -0.05) is 42.4 Å². The van der Waals surface area contributed by atoms with Gasteiger partial charge >= 0.3 is 0 Å². The molecule has 0 saturated carbocycles. The van der Waals surface area contributed by atoms with Crippen molar-refractivity contribution in [1.29, 1.82) is 0 Å². The fraction of sp³-hybridized carbons (Fsp3) is 0.533. The second kappa shape index (κ2) is 6.67. The minimum atomic E-state index is 0.227. The smallest absolute Gasteiger partial charge is 0.156 e. The van der Waals surface area contributed by atoms with Crippen LogP contribution in [0.15, 0.2) is 29.3 Å². The second-order valence-electron chi connectivity index (χ2n) is 5.20. The highest BCUT2D eigenvalue weighted by Crippen LogP contribution is 2.24. The number of nitrogens with one attached hydrogen (secondary N) is 1. The van der Waals surface area contributed by atoms with Crippen molar-refractivity contribution in [3.8, 4) is 0 Å². The van der Waals surface area contributed by atoms with Crippen LogP contribution in [-0.4, -0.2) is 23.0 Å². The predicted octanol–water partition coefficient (Wildman–Crippen LogP) is 4.13. The van der Waals surface area contributed by atoms with Gasteiger partial charge in [-0.15, -0.1) is 0 Å². The van der Waals surface area contributed by atoms with Crippen molar-refractivity contribution in [2.75, 3.05) is 12.3 Å². The summed E-state index contributed by atoms with van der Waals surface area (Å²) in [5, 5.41) is 5.46. The molecule has 1 fully saturated rings. The van der Waals surface area contributed by atoms with Gasteiger partial charge < -0.3 is 5.32 Å². The van der Waals surface area contributed by atoms with E-state index >= 15 is 0 Å². The lowest BCUT2D eigenvalue weighted by Gasteiger charge is -2.35. The number of benzene rings is 1. The van der Waals surface area contributed by atoms with E-state index in [-0.39, 0.29) is 5.54 Å². The average Bonchev–Trinajstić information content (AvgIpc) is 2.41. The molecule has 1 heterocycles. The Morgan fingerprint density at radius 2 is 2.11 bits per heavy atom. The molecule has 0 radical (unpaired) electrons. The lowest BCUT2D eigenvalue weighted by Crippen LogP contribution is -2.48. The Morgan fingerprint density at radius 3 is 2.79 bits per heavy atom. The second-order valence-corrected chi connectivity index (χ2v) is 6.72. The molecule has 2 nitrogen and oxygen atoms in total. The minimum Gasteiger partial charge on any atom is -0.360 e. The first-order valence-corrected chi connectivity index (χ1v) is 8.17. The van der Waals surface area contributed by atoms with Gasteiger partial charge in [0.05, 0.1) is 0 Å². The van der Waals surface area contributed by atoms with Crippen LogP contribution in [0, 0.1) is 0 Å². The summed E-state index contributed by atoms with van der Waals surface area (Å²) in [6.07, 6.45) is 3.32. The quantitative estimate of drug-likeness (QED) is 0.903. The zero-order chi connectivity index (χ0) is 13.7. The highest BCUT2D eigenvalue weighted by molar-refractivity contribution is 8.13. The molecule has 1 aliphatic heterocycles. The molecule has 0 aliphatic carbocycles. The van der Waals surface area contributed by atoms with Crippen LogP contribution in [-0.2, 0) is 6.42 Å². The first kappa shape index (κ1) is 14.7. The number of halogens is 1. The van der Waals surface area contributed by atoms with Crippen molar-refractivity contribution in [1.82, 2.24) is 5.32 Å². The van der Waals surface area contributed by atoms with Gasteiger partial charge in [-0.3, -0.25) is 4.99 Å². The number of aliphatic imine (C=N–C) groups is 1. The standard InChI is InChI=1S/C15H21ClN2S/c1-3-15(2)9-11-19-14(18-15)17-10-8-12-4-6-13(16)7-5-12/h4-7H,3,8-11H2,1-2H3,(H,17,18). The third kappa shape index (κ3) is 4.43. The largest absolute Gasteiger partial charge is 0.360 e. The van der Waals surface area contributed by atoms with Crippen LogP contribution in [0.1, 0.15) is 32.3 Å². The summed E-state index contributed by atoms with van der Waals surface area (Å²) in [5.41, 5.74) is 1.51. The van der Waals surface area contributed by atoms with Gasteiger partial charge in [0.2, 0.25) is 0 Å². The van der Waals surface area contributed by atoms with Gasteiger partial charge in [0.15, 0.2) is 5.17 Å². The zero-order valence-electron chi connectivity index (χ0n) is 11.6. The molecular formula is C15H21ClN2S. The summed E-state index contributed by atoms with van der Waals surface area (Å²) < 4.78 is 0. The monoisotopic (exact) mass is 296 g/mol. The van der Waals surface area contributed by atoms with E-state index in [9.17, 15) is 0 Å². The van der Waals surface area contributed by atoms with E-state index in [1.54, 1.807) is 0 Å². The molecule has 1 aromatic carbocycles. The Labute approximate surface area is 125 Å². The number of hydrogen-bond donors (Lipinski definition) is 1. The molecule has 0 amide bonds. The van der Waals surface area contributed by atoms with Gasteiger partial charge in [0.25, 0.3) is 0 Å². The van der Waals surface area contributed by atoms with E-state index in [0.29, 0.717) is 0 Å². The Bertz CT molecular complexity index is 444. The summed E-state index contributed by atoms with van der Waals surface area (Å²) in [6, 6.07) is 8.01. The summed E-state index contributed by atoms with van der Waals surface area (Å²) in [6.45, 7) is 5.34. The average molecular weight is 297 g/mol. The van der Waals surface area contributed by atoms with Crippen LogP contribution in [0.4, 0.5) is 0 Å². The molecule has 1 unspecified atom stereocenters. The lowest BCUT2D eigenvalue weighted by atomic mass is 9.96. The first-order chi connectivity index (χ1) is 9.11. The Morgan fingerprint density at radius 1 is 1.37 bits per heavy atom. The maximum atomic E-state index is 5.87. The highest BCUT2D eigenvalue weighted by atomic mass is 35.5. The zero-order valence-corrected chi connectivity index (χ0v) is 13.2. The van der Waals surface area contributed by atoms with Gasteiger partial charge in [-0.05, 0) is 43.9 Å². The molecule has 0 aromatic heterocycles. The summed E-state index contributed by atoms with van der Waals surface area (Å²) in [5.74, 6) is 1.16. The van der Waals surface area contributed by atoms with E-state index in [0.717, 1.165) is 35.3 Å². The van der Waals surface area contributed by atoms with Crippen LogP contribution in [0.2, 0.25) is 5.02 Å². The summed E-state index contributed by atoms with van der Waals surface area (Å²) in [4.78, 5) is 4.68. The topological polar surface area (TPSA) is 24.4 Å². The van der Waals surface area contributed by atoms with Crippen molar-refractivity contribution in [2.45, 2.75) is 38.6 Å². The minimum absolute atomic E-state index is 0.227. The number of hydrogen-bond acceptors (Lipinski definition) is 2. The molecule has 0 bridgehead atoms. The number of amidine groups is 1. The lowest BCUT2D eigenvalue weighted by molar-refractivity contribution is 0.390. The number of nitrogens with zero attached hydrogens (tertiary/aromatic N) is 1. The van der Waals surface area contributed by atoms with E-state index in [2.05, 4.69) is 36.3 Å². The Kier molecular flexibility index (Phi) is 5.17. The molecule has 104 valence electrons. The van der Waals surface area contributed by atoms with E-state index in [4.69, 9.17) is 11.6 Å². The normalized spacial score (nSPS) is 25.3. The third-order valence-corrected chi connectivity index (χ3v) is 4.82. The molecule has 1 atom stereocenters. The first-order valence-electron chi connectivity index (χ1n) is 6.81. The van der Waals surface area contributed by atoms with E-state index < -0.39 is 0 Å². The maximum Gasteiger partial charge on any atom is 0.156 e. The molecule has 1 N–H and O–H groups in total. The molecule has 1 aromatic rings. The molecular weight excluding hydrogens is 276 g/mol. The number of thioether (sulfide) groups is 1. The maximum absolute atomic E-state index is 5.87. The summed E-state index contributed by atoms with van der Waals surface area (Å²) >= 11 is 7.71. The molecule has 2 rings (SSSR count). The van der Waals surface area contributed by atoms with Crippen molar-refractivity contribution in [2.24, 2.45) is 4.99 Å². The Balaban J connectivity index is 1.87. The molecule has 1 saturated heterocycles. The fourth-order valence-corrected chi connectivity index (χ4v) is 3.39.